The summed E-state index contributed by atoms with van der Waals surface area (Å²) in [5.74, 6) is 0. The monoisotopic (exact) mass is 279 g/mol. The lowest BCUT2D eigenvalue weighted by atomic mass is 10.1. The maximum absolute atomic E-state index is 8.85. The van der Waals surface area contributed by atoms with E-state index in [9.17, 15) is 0 Å². The number of hydrogen-bond acceptors (Lipinski definition) is 3. The van der Waals surface area contributed by atoms with E-state index in [1.54, 1.807) is 0 Å². The highest BCUT2D eigenvalue weighted by Gasteiger charge is 2.07. The molecule has 21 heavy (non-hydrogen) atoms. The minimum atomic E-state index is 0.704. The Balaban J connectivity index is 2.03. The SMILES string of the molecule is N#Cc1ccc(CN(CCCN)Cc2ccccc2)cc1. The fraction of sp³-hybridized carbons (Fsp3) is 0.278. The summed E-state index contributed by atoms with van der Waals surface area (Å²) in [7, 11) is 0. The van der Waals surface area contributed by atoms with E-state index in [0.717, 1.165) is 26.1 Å². The lowest BCUT2D eigenvalue weighted by Crippen LogP contribution is -2.25. The molecule has 2 aromatic carbocycles. The molecular formula is C18H21N3. The van der Waals surface area contributed by atoms with Crippen molar-refractivity contribution >= 4 is 0 Å². The normalized spacial score (nSPS) is 10.5. The Morgan fingerprint density at radius 3 is 2.10 bits per heavy atom. The first kappa shape index (κ1) is 15.2. The van der Waals surface area contributed by atoms with E-state index in [0.29, 0.717) is 12.1 Å². The molecule has 0 amide bonds. The smallest absolute Gasteiger partial charge is 0.0991 e. The van der Waals surface area contributed by atoms with Gasteiger partial charge in [-0.15, -0.1) is 0 Å². The summed E-state index contributed by atoms with van der Waals surface area (Å²) in [6, 6.07) is 20.4. The van der Waals surface area contributed by atoms with Gasteiger partial charge in [-0.05, 0) is 36.2 Å². The van der Waals surface area contributed by atoms with Gasteiger partial charge in [-0.2, -0.15) is 5.26 Å². The lowest BCUT2D eigenvalue weighted by Gasteiger charge is -2.22. The Morgan fingerprint density at radius 2 is 1.52 bits per heavy atom. The summed E-state index contributed by atoms with van der Waals surface area (Å²) in [4.78, 5) is 2.39. The summed E-state index contributed by atoms with van der Waals surface area (Å²) in [5.41, 5.74) is 8.88. The molecule has 0 spiro atoms. The summed E-state index contributed by atoms with van der Waals surface area (Å²) in [6.07, 6.45) is 0.989. The molecule has 0 aromatic heterocycles. The minimum Gasteiger partial charge on any atom is -0.330 e. The predicted molar refractivity (Wildman–Crippen MR) is 85.4 cm³/mol. The van der Waals surface area contributed by atoms with Gasteiger partial charge in [0.05, 0.1) is 11.6 Å². The standard InChI is InChI=1S/C18H21N3/c19-11-4-12-21(14-17-5-2-1-3-6-17)15-18-9-7-16(13-20)8-10-18/h1-3,5-10H,4,11-12,14-15,19H2. The fourth-order valence-electron chi connectivity index (χ4n) is 2.31. The summed E-state index contributed by atoms with van der Waals surface area (Å²) < 4.78 is 0. The van der Waals surface area contributed by atoms with Gasteiger partial charge in [-0.1, -0.05) is 42.5 Å². The van der Waals surface area contributed by atoms with Gasteiger partial charge in [-0.3, -0.25) is 4.90 Å². The van der Waals surface area contributed by atoms with Crippen LogP contribution in [0.4, 0.5) is 0 Å². The molecule has 2 aromatic rings. The molecule has 0 atom stereocenters. The Bertz CT molecular complexity index is 570. The number of hydrogen-bond donors (Lipinski definition) is 1. The van der Waals surface area contributed by atoms with Crippen LogP contribution in [0.5, 0.6) is 0 Å². The number of nitriles is 1. The van der Waals surface area contributed by atoms with E-state index in [-0.39, 0.29) is 0 Å². The number of nitrogens with two attached hydrogens (primary N) is 1. The van der Waals surface area contributed by atoms with Crippen LogP contribution in [0.2, 0.25) is 0 Å². The van der Waals surface area contributed by atoms with Gasteiger partial charge >= 0.3 is 0 Å². The average Bonchev–Trinajstić information content (AvgIpc) is 2.54. The van der Waals surface area contributed by atoms with Crippen molar-refractivity contribution in [1.29, 1.82) is 5.26 Å². The van der Waals surface area contributed by atoms with E-state index < -0.39 is 0 Å². The minimum absolute atomic E-state index is 0.704. The van der Waals surface area contributed by atoms with Crippen LogP contribution in [0, 0.1) is 11.3 Å². The van der Waals surface area contributed by atoms with Gasteiger partial charge in [0.1, 0.15) is 0 Å². The highest BCUT2D eigenvalue weighted by molar-refractivity contribution is 5.31. The lowest BCUT2D eigenvalue weighted by molar-refractivity contribution is 0.255. The second-order valence-electron chi connectivity index (χ2n) is 5.15. The zero-order valence-corrected chi connectivity index (χ0v) is 12.2. The van der Waals surface area contributed by atoms with Crippen LogP contribution in [0.15, 0.2) is 54.6 Å². The molecule has 0 aliphatic carbocycles. The van der Waals surface area contributed by atoms with E-state index in [1.807, 2.05) is 30.3 Å². The zero-order valence-electron chi connectivity index (χ0n) is 12.2. The predicted octanol–water partition coefficient (Wildman–Crippen LogP) is 2.91. The van der Waals surface area contributed by atoms with Crippen LogP contribution in [-0.4, -0.2) is 18.0 Å². The molecule has 2 N–H and O–H groups in total. The van der Waals surface area contributed by atoms with Gasteiger partial charge in [0.15, 0.2) is 0 Å². The third-order valence-electron chi connectivity index (χ3n) is 3.42. The van der Waals surface area contributed by atoms with Crippen LogP contribution in [0.25, 0.3) is 0 Å². The van der Waals surface area contributed by atoms with Crippen LogP contribution in [0.3, 0.4) is 0 Å². The molecule has 0 bridgehead atoms. The highest BCUT2D eigenvalue weighted by Crippen LogP contribution is 2.11. The zero-order chi connectivity index (χ0) is 14.9. The topological polar surface area (TPSA) is 53.0 Å². The Hall–Kier alpha value is -2.15. The molecule has 0 unspecified atom stereocenters. The molecule has 0 radical (unpaired) electrons. The van der Waals surface area contributed by atoms with Gasteiger partial charge < -0.3 is 5.73 Å². The van der Waals surface area contributed by atoms with Crippen molar-refractivity contribution in [1.82, 2.24) is 4.90 Å². The quantitative estimate of drug-likeness (QED) is 0.848. The number of rotatable bonds is 7. The average molecular weight is 279 g/mol. The van der Waals surface area contributed by atoms with Gasteiger partial charge in [0.2, 0.25) is 0 Å². The second-order valence-corrected chi connectivity index (χ2v) is 5.15. The Kier molecular flexibility index (Phi) is 5.96. The van der Waals surface area contributed by atoms with Crippen molar-refractivity contribution < 1.29 is 0 Å². The largest absolute Gasteiger partial charge is 0.330 e. The third kappa shape index (κ3) is 5.03. The van der Waals surface area contributed by atoms with Crippen LogP contribution in [-0.2, 0) is 13.1 Å². The van der Waals surface area contributed by atoms with E-state index in [1.165, 1.54) is 11.1 Å². The van der Waals surface area contributed by atoms with E-state index in [2.05, 4.69) is 35.2 Å². The molecule has 2 rings (SSSR count). The number of nitrogens with zero attached hydrogens (tertiary/aromatic N) is 2. The molecule has 0 fully saturated rings. The number of benzene rings is 2. The van der Waals surface area contributed by atoms with Crippen molar-refractivity contribution in [3.05, 3.63) is 71.3 Å². The van der Waals surface area contributed by atoms with E-state index >= 15 is 0 Å². The summed E-state index contributed by atoms with van der Waals surface area (Å²) in [6.45, 7) is 3.48. The summed E-state index contributed by atoms with van der Waals surface area (Å²) in [5, 5.41) is 8.85. The van der Waals surface area contributed by atoms with Crippen LogP contribution < -0.4 is 5.73 Å². The van der Waals surface area contributed by atoms with E-state index in [4.69, 9.17) is 11.0 Å². The highest BCUT2D eigenvalue weighted by atomic mass is 15.1. The molecular weight excluding hydrogens is 258 g/mol. The Morgan fingerprint density at radius 1 is 0.905 bits per heavy atom. The molecule has 0 saturated carbocycles. The first-order chi connectivity index (χ1) is 10.3. The fourth-order valence-corrected chi connectivity index (χ4v) is 2.31. The third-order valence-corrected chi connectivity index (χ3v) is 3.42. The first-order valence-electron chi connectivity index (χ1n) is 7.27. The van der Waals surface area contributed by atoms with Gasteiger partial charge in [-0.25, -0.2) is 0 Å². The summed E-state index contributed by atoms with van der Waals surface area (Å²) >= 11 is 0. The second kappa shape index (κ2) is 8.21. The first-order valence-corrected chi connectivity index (χ1v) is 7.27. The maximum atomic E-state index is 8.85. The maximum Gasteiger partial charge on any atom is 0.0991 e. The van der Waals surface area contributed by atoms with Crippen molar-refractivity contribution in [3.63, 3.8) is 0 Å². The van der Waals surface area contributed by atoms with Crippen molar-refractivity contribution in [2.24, 2.45) is 5.73 Å². The Labute approximate surface area is 126 Å². The molecule has 108 valence electrons. The molecule has 3 nitrogen and oxygen atoms in total. The molecule has 0 aliphatic heterocycles. The van der Waals surface area contributed by atoms with Crippen LogP contribution >= 0.6 is 0 Å². The molecule has 3 heteroatoms. The van der Waals surface area contributed by atoms with Gasteiger partial charge in [0, 0.05) is 19.6 Å². The van der Waals surface area contributed by atoms with Crippen molar-refractivity contribution in [3.8, 4) is 6.07 Å². The molecule has 0 aliphatic rings. The van der Waals surface area contributed by atoms with Crippen LogP contribution in [0.1, 0.15) is 23.1 Å². The van der Waals surface area contributed by atoms with Crippen molar-refractivity contribution in [2.45, 2.75) is 19.5 Å². The molecule has 0 heterocycles. The van der Waals surface area contributed by atoms with Gasteiger partial charge in [0.25, 0.3) is 0 Å². The van der Waals surface area contributed by atoms with Crippen molar-refractivity contribution in [2.75, 3.05) is 13.1 Å². The molecule has 0 saturated heterocycles.